The maximum atomic E-state index is 6.09. The predicted octanol–water partition coefficient (Wildman–Crippen LogP) is 4.19. The molecule has 0 aliphatic carbocycles. The van der Waals surface area contributed by atoms with Crippen LogP contribution in [0.15, 0.2) is 54.6 Å². The van der Waals surface area contributed by atoms with Crippen molar-refractivity contribution in [1.82, 2.24) is 0 Å². The van der Waals surface area contributed by atoms with Gasteiger partial charge < -0.3 is 10.5 Å². The van der Waals surface area contributed by atoms with E-state index in [0.29, 0.717) is 11.4 Å². The van der Waals surface area contributed by atoms with Crippen LogP contribution in [0.4, 0.5) is 0 Å². The molecule has 2 nitrogen and oxygen atoms in total. The Bertz CT molecular complexity index is 568. The standard InChI is InChI=1S/C17H19NOS/c1-2-14(12-17(18)20)19-16-11-7-6-10-15(16)13-8-4-3-5-9-13/h3-11,14H,2,12H2,1H3,(H2,18,20). The molecule has 2 aromatic rings. The Hall–Kier alpha value is -1.87. The van der Waals surface area contributed by atoms with Crippen LogP contribution >= 0.6 is 12.2 Å². The van der Waals surface area contributed by atoms with E-state index in [-0.39, 0.29) is 6.10 Å². The minimum absolute atomic E-state index is 0.0253. The lowest BCUT2D eigenvalue weighted by Crippen LogP contribution is -2.23. The molecule has 1 unspecified atom stereocenters. The van der Waals surface area contributed by atoms with E-state index in [2.05, 4.69) is 25.1 Å². The fraction of sp³-hybridized carbons (Fsp3) is 0.235. The summed E-state index contributed by atoms with van der Waals surface area (Å²) in [7, 11) is 0. The normalized spacial score (nSPS) is 11.8. The molecule has 0 aromatic heterocycles. The fourth-order valence-corrected chi connectivity index (χ4v) is 2.28. The number of nitrogens with two attached hydrogens (primary N) is 1. The van der Waals surface area contributed by atoms with Crippen LogP contribution < -0.4 is 10.5 Å². The summed E-state index contributed by atoms with van der Waals surface area (Å²) in [5, 5.41) is 0. The van der Waals surface area contributed by atoms with E-state index in [1.54, 1.807) is 0 Å². The van der Waals surface area contributed by atoms with Crippen molar-refractivity contribution in [2.45, 2.75) is 25.9 Å². The molecule has 0 aliphatic rings. The minimum atomic E-state index is 0.0253. The molecular formula is C17H19NOS. The third kappa shape index (κ3) is 3.81. The molecule has 3 heteroatoms. The first-order chi connectivity index (χ1) is 9.70. The van der Waals surface area contributed by atoms with Gasteiger partial charge in [0.05, 0.1) is 4.99 Å². The van der Waals surface area contributed by atoms with E-state index < -0.39 is 0 Å². The highest BCUT2D eigenvalue weighted by atomic mass is 32.1. The number of para-hydroxylation sites is 1. The van der Waals surface area contributed by atoms with E-state index in [4.69, 9.17) is 22.7 Å². The Morgan fingerprint density at radius 1 is 1.10 bits per heavy atom. The Morgan fingerprint density at radius 3 is 2.40 bits per heavy atom. The van der Waals surface area contributed by atoms with Crippen LogP contribution in [-0.4, -0.2) is 11.1 Å². The van der Waals surface area contributed by atoms with Crippen LogP contribution in [-0.2, 0) is 0 Å². The van der Waals surface area contributed by atoms with Crippen molar-refractivity contribution >= 4 is 17.2 Å². The van der Waals surface area contributed by atoms with Gasteiger partial charge in [-0.25, -0.2) is 0 Å². The molecule has 0 saturated heterocycles. The van der Waals surface area contributed by atoms with Crippen molar-refractivity contribution in [2.75, 3.05) is 0 Å². The highest BCUT2D eigenvalue weighted by molar-refractivity contribution is 7.80. The molecule has 0 aliphatic heterocycles. The summed E-state index contributed by atoms with van der Waals surface area (Å²) < 4.78 is 6.09. The number of benzene rings is 2. The van der Waals surface area contributed by atoms with Gasteiger partial charge in [-0.05, 0) is 18.1 Å². The smallest absolute Gasteiger partial charge is 0.127 e. The van der Waals surface area contributed by atoms with Gasteiger partial charge in [0.2, 0.25) is 0 Å². The largest absolute Gasteiger partial charge is 0.489 e. The van der Waals surface area contributed by atoms with Crippen LogP contribution in [0, 0.1) is 0 Å². The second kappa shape index (κ2) is 7.06. The van der Waals surface area contributed by atoms with E-state index in [9.17, 15) is 0 Å². The third-order valence-electron chi connectivity index (χ3n) is 3.15. The average molecular weight is 285 g/mol. The molecule has 2 N–H and O–H groups in total. The summed E-state index contributed by atoms with van der Waals surface area (Å²) >= 11 is 4.98. The highest BCUT2D eigenvalue weighted by Gasteiger charge is 2.12. The molecule has 0 fully saturated rings. The van der Waals surface area contributed by atoms with Gasteiger partial charge in [0.25, 0.3) is 0 Å². The molecule has 0 bridgehead atoms. The summed E-state index contributed by atoms with van der Waals surface area (Å²) in [5.74, 6) is 0.877. The zero-order chi connectivity index (χ0) is 14.4. The van der Waals surface area contributed by atoms with Crippen molar-refractivity contribution in [2.24, 2.45) is 5.73 Å². The lowest BCUT2D eigenvalue weighted by molar-refractivity contribution is 0.206. The zero-order valence-electron chi connectivity index (χ0n) is 11.6. The molecule has 1 atom stereocenters. The van der Waals surface area contributed by atoms with E-state index >= 15 is 0 Å². The zero-order valence-corrected chi connectivity index (χ0v) is 12.4. The lowest BCUT2D eigenvalue weighted by Gasteiger charge is -2.19. The Morgan fingerprint density at radius 2 is 1.75 bits per heavy atom. The second-order valence-electron chi connectivity index (χ2n) is 4.68. The second-order valence-corrected chi connectivity index (χ2v) is 5.21. The van der Waals surface area contributed by atoms with E-state index in [1.807, 2.05) is 36.4 Å². The summed E-state index contributed by atoms with van der Waals surface area (Å²) in [6, 6.07) is 18.3. The van der Waals surface area contributed by atoms with Crippen molar-refractivity contribution < 1.29 is 4.74 Å². The first-order valence-electron chi connectivity index (χ1n) is 6.80. The topological polar surface area (TPSA) is 35.2 Å². The fourth-order valence-electron chi connectivity index (χ4n) is 2.10. The van der Waals surface area contributed by atoms with Crippen molar-refractivity contribution in [3.05, 3.63) is 54.6 Å². The number of ether oxygens (including phenoxy) is 1. The molecule has 0 spiro atoms. The molecule has 0 amide bonds. The maximum Gasteiger partial charge on any atom is 0.127 e. The SMILES string of the molecule is CCC(CC(N)=S)Oc1ccccc1-c1ccccc1. The van der Waals surface area contributed by atoms with Crippen LogP contribution in [0.2, 0.25) is 0 Å². The monoisotopic (exact) mass is 285 g/mol. The summed E-state index contributed by atoms with van der Waals surface area (Å²) in [6.45, 7) is 2.08. The molecule has 0 radical (unpaired) electrons. The van der Waals surface area contributed by atoms with Gasteiger partial charge in [0.15, 0.2) is 0 Å². The number of hydrogen-bond donors (Lipinski definition) is 1. The van der Waals surface area contributed by atoms with Crippen LogP contribution in [0.3, 0.4) is 0 Å². The molecule has 0 heterocycles. The minimum Gasteiger partial charge on any atom is -0.489 e. The van der Waals surface area contributed by atoms with Gasteiger partial charge >= 0.3 is 0 Å². The van der Waals surface area contributed by atoms with Gasteiger partial charge in [-0.2, -0.15) is 0 Å². The first kappa shape index (κ1) is 14.5. The molecule has 2 aromatic carbocycles. The quantitative estimate of drug-likeness (QED) is 0.808. The molecule has 0 saturated carbocycles. The summed E-state index contributed by atoms with van der Waals surface area (Å²) in [4.78, 5) is 0.494. The van der Waals surface area contributed by atoms with Crippen molar-refractivity contribution in [3.8, 4) is 16.9 Å². The van der Waals surface area contributed by atoms with E-state index in [0.717, 1.165) is 23.3 Å². The van der Waals surface area contributed by atoms with Gasteiger partial charge in [0, 0.05) is 12.0 Å². The van der Waals surface area contributed by atoms with Gasteiger partial charge in [-0.1, -0.05) is 67.7 Å². The van der Waals surface area contributed by atoms with E-state index in [1.165, 1.54) is 0 Å². The predicted molar refractivity (Wildman–Crippen MR) is 88.0 cm³/mol. The first-order valence-corrected chi connectivity index (χ1v) is 7.21. The Labute approximate surface area is 125 Å². The maximum absolute atomic E-state index is 6.09. The van der Waals surface area contributed by atoms with Crippen LogP contribution in [0.1, 0.15) is 19.8 Å². The Balaban J connectivity index is 2.26. The summed E-state index contributed by atoms with van der Waals surface area (Å²) in [6.07, 6.45) is 1.51. The van der Waals surface area contributed by atoms with Crippen molar-refractivity contribution in [1.29, 1.82) is 0 Å². The van der Waals surface area contributed by atoms with Gasteiger partial charge in [-0.15, -0.1) is 0 Å². The molecular weight excluding hydrogens is 266 g/mol. The van der Waals surface area contributed by atoms with Crippen LogP contribution in [0.25, 0.3) is 11.1 Å². The number of rotatable bonds is 6. The Kier molecular flexibility index (Phi) is 5.13. The number of hydrogen-bond acceptors (Lipinski definition) is 2. The third-order valence-corrected chi connectivity index (χ3v) is 3.32. The van der Waals surface area contributed by atoms with Gasteiger partial charge in [0.1, 0.15) is 11.9 Å². The summed E-state index contributed by atoms with van der Waals surface area (Å²) in [5.41, 5.74) is 7.86. The lowest BCUT2D eigenvalue weighted by atomic mass is 10.0. The average Bonchev–Trinajstić information content (AvgIpc) is 2.47. The number of thiocarbonyl (C=S) groups is 1. The van der Waals surface area contributed by atoms with Crippen molar-refractivity contribution in [3.63, 3.8) is 0 Å². The molecule has 104 valence electrons. The van der Waals surface area contributed by atoms with Gasteiger partial charge in [-0.3, -0.25) is 0 Å². The van der Waals surface area contributed by atoms with Crippen LogP contribution in [0.5, 0.6) is 5.75 Å². The molecule has 20 heavy (non-hydrogen) atoms. The molecule has 2 rings (SSSR count). The highest BCUT2D eigenvalue weighted by Crippen LogP contribution is 2.30.